The molecule has 0 saturated heterocycles. The minimum Gasteiger partial charge on any atom is -0.508 e. The van der Waals surface area contributed by atoms with Crippen LogP contribution in [-0.4, -0.2) is 24.9 Å². The summed E-state index contributed by atoms with van der Waals surface area (Å²) in [5.74, 6) is 0.256. The van der Waals surface area contributed by atoms with E-state index < -0.39 is 0 Å². The maximum absolute atomic E-state index is 9.22. The zero-order valence-electron chi connectivity index (χ0n) is 9.39. The first kappa shape index (κ1) is 11.1. The van der Waals surface area contributed by atoms with Gasteiger partial charge in [-0.25, -0.2) is 0 Å². The molecule has 92 valence electrons. The number of benzene rings is 1. The molecular formula is C11H11N5OS. The predicted molar refractivity (Wildman–Crippen MR) is 67.4 cm³/mol. The normalized spacial score (nSPS) is 12.9. The third-order valence-corrected chi connectivity index (χ3v) is 3.66. The Balaban J connectivity index is 1.80. The Labute approximate surface area is 107 Å². The Kier molecular flexibility index (Phi) is 2.69. The number of nitrogens with two attached hydrogens (primary N) is 1. The van der Waals surface area contributed by atoms with E-state index in [2.05, 4.69) is 15.3 Å². The van der Waals surface area contributed by atoms with Gasteiger partial charge in [-0.15, -0.1) is 10.2 Å². The van der Waals surface area contributed by atoms with Crippen LogP contribution in [0.15, 0.2) is 30.6 Å². The van der Waals surface area contributed by atoms with Gasteiger partial charge in [-0.05, 0) is 24.1 Å². The molecule has 2 heterocycles. The first-order valence-electron chi connectivity index (χ1n) is 5.42. The number of nitrogens with zero attached hydrogens (tertiary/aromatic N) is 4. The van der Waals surface area contributed by atoms with Crippen LogP contribution in [0.5, 0.6) is 5.75 Å². The molecule has 1 aromatic carbocycles. The molecule has 3 rings (SSSR count). The third-order valence-electron chi connectivity index (χ3n) is 2.61. The zero-order chi connectivity index (χ0) is 12.5. The van der Waals surface area contributed by atoms with E-state index >= 15 is 0 Å². The molecule has 0 fully saturated rings. The summed E-state index contributed by atoms with van der Waals surface area (Å²) in [5.41, 5.74) is 7.17. The molecule has 3 N–H and O–H groups in total. The lowest BCUT2D eigenvalue weighted by molar-refractivity contribution is 0.475. The van der Waals surface area contributed by atoms with Crippen LogP contribution in [0.1, 0.15) is 16.6 Å². The first-order valence-corrected chi connectivity index (χ1v) is 6.24. The van der Waals surface area contributed by atoms with Crippen LogP contribution >= 0.6 is 11.3 Å². The van der Waals surface area contributed by atoms with Gasteiger partial charge in [-0.1, -0.05) is 23.5 Å². The van der Waals surface area contributed by atoms with Crippen molar-refractivity contribution < 1.29 is 5.11 Å². The number of fused-ring (bicyclic) bond motifs is 1. The first-order chi connectivity index (χ1) is 8.72. The Bertz CT molecular complexity index is 631. The standard InChI is InChI=1S/C11H11N5OS/c12-9(5-7-1-3-8(17)4-2-7)10-15-16-6-13-14-11(16)18-10/h1-4,6,9,17H,5,12H2. The van der Waals surface area contributed by atoms with Crippen molar-refractivity contribution in [3.8, 4) is 5.75 Å². The van der Waals surface area contributed by atoms with Crippen molar-refractivity contribution >= 4 is 16.3 Å². The number of hydrogen-bond acceptors (Lipinski definition) is 6. The number of phenols is 1. The molecule has 0 saturated carbocycles. The lowest BCUT2D eigenvalue weighted by atomic mass is 10.1. The highest BCUT2D eigenvalue weighted by molar-refractivity contribution is 7.16. The summed E-state index contributed by atoms with van der Waals surface area (Å²) >= 11 is 1.44. The second-order valence-corrected chi connectivity index (χ2v) is 4.96. The molecule has 0 radical (unpaired) electrons. The van der Waals surface area contributed by atoms with E-state index in [0.29, 0.717) is 6.42 Å². The minimum atomic E-state index is -0.179. The summed E-state index contributed by atoms with van der Waals surface area (Å²) in [7, 11) is 0. The highest BCUT2D eigenvalue weighted by atomic mass is 32.1. The van der Waals surface area contributed by atoms with Gasteiger partial charge in [0.1, 0.15) is 17.1 Å². The highest BCUT2D eigenvalue weighted by Gasteiger charge is 2.13. The predicted octanol–water partition coefficient (Wildman–Crippen LogP) is 1.13. The topological polar surface area (TPSA) is 89.3 Å². The second kappa shape index (κ2) is 4.35. The van der Waals surface area contributed by atoms with Crippen LogP contribution < -0.4 is 5.73 Å². The van der Waals surface area contributed by atoms with Gasteiger partial charge in [0, 0.05) is 0 Å². The van der Waals surface area contributed by atoms with Crippen LogP contribution in [0.25, 0.3) is 4.96 Å². The quantitative estimate of drug-likeness (QED) is 0.737. The van der Waals surface area contributed by atoms with E-state index in [4.69, 9.17) is 5.73 Å². The summed E-state index contributed by atoms with van der Waals surface area (Å²) in [4.78, 5) is 0.742. The third kappa shape index (κ3) is 2.05. The number of phenolic OH excluding ortho intramolecular Hbond substituents is 1. The van der Waals surface area contributed by atoms with Crippen molar-refractivity contribution in [2.24, 2.45) is 5.73 Å². The summed E-state index contributed by atoms with van der Waals surface area (Å²) in [5, 5.41) is 22.0. The van der Waals surface area contributed by atoms with Gasteiger partial charge in [0.2, 0.25) is 4.96 Å². The monoisotopic (exact) mass is 261 g/mol. The fraction of sp³-hybridized carbons (Fsp3) is 0.182. The van der Waals surface area contributed by atoms with E-state index in [0.717, 1.165) is 15.5 Å². The molecule has 1 unspecified atom stereocenters. The lowest BCUT2D eigenvalue weighted by Gasteiger charge is -2.07. The van der Waals surface area contributed by atoms with Crippen LogP contribution in [0.4, 0.5) is 0 Å². The van der Waals surface area contributed by atoms with Crippen molar-refractivity contribution in [2.75, 3.05) is 0 Å². The second-order valence-electron chi connectivity index (χ2n) is 3.98. The Morgan fingerprint density at radius 3 is 2.83 bits per heavy atom. The van der Waals surface area contributed by atoms with E-state index in [-0.39, 0.29) is 11.8 Å². The average Bonchev–Trinajstić information content (AvgIpc) is 2.92. The smallest absolute Gasteiger partial charge is 0.234 e. The highest BCUT2D eigenvalue weighted by Crippen LogP contribution is 2.21. The number of aromatic nitrogens is 4. The summed E-state index contributed by atoms with van der Waals surface area (Å²) in [6, 6.07) is 6.84. The van der Waals surface area contributed by atoms with E-state index in [9.17, 15) is 5.11 Å². The van der Waals surface area contributed by atoms with Gasteiger partial charge in [0.15, 0.2) is 0 Å². The fourth-order valence-electron chi connectivity index (χ4n) is 1.70. The molecule has 6 nitrogen and oxygen atoms in total. The number of aromatic hydroxyl groups is 1. The van der Waals surface area contributed by atoms with Crippen molar-refractivity contribution in [3.05, 3.63) is 41.2 Å². The molecule has 0 aliphatic heterocycles. The molecule has 0 spiro atoms. The Morgan fingerprint density at radius 2 is 2.11 bits per heavy atom. The lowest BCUT2D eigenvalue weighted by Crippen LogP contribution is -2.13. The zero-order valence-corrected chi connectivity index (χ0v) is 10.2. The van der Waals surface area contributed by atoms with Gasteiger partial charge in [0.25, 0.3) is 0 Å². The molecule has 0 bridgehead atoms. The molecular weight excluding hydrogens is 250 g/mol. The summed E-state index contributed by atoms with van der Waals surface area (Å²) in [6.45, 7) is 0. The van der Waals surface area contributed by atoms with Gasteiger partial charge >= 0.3 is 0 Å². The maximum atomic E-state index is 9.22. The molecule has 18 heavy (non-hydrogen) atoms. The van der Waals surface area contributed by atoms with Gasteiger partial charge in [0.05, 0.1) is 6.04 Å². The number of rotatable bonds is 3. The molecule has 1 atom stereocenters. The van der Waals surface area contributed by atoms with Gasteiger partial charge in [-0.2, -0.15) is 9.61 Å². The molecule has 0 aliphatic carbocycles. The molecule has 7 heteroatoms. The van der Waals surface area contributed by atoms with Crippen LogP contribution in [0.3, 0.4) is 0 Å². The SMILES string of the molecule is NC(Cc1ccc(O)cc1)c1nn2cnnc2s1. The summed E-state index contributed by atoms with van der Waals surface area (Å²) < 4.78 is 1.62. The van der Waals surface area contributed by atoms with E-state index in [1.165, 1.54) is 11.3 Å². The van der Waals surface area contributed by atoms with Crippen molar-refractivity contribution in [1.29, 1.82) is 0 Å². The molecule has 0 aliphatic rings. The van der Waals surface area contributed by atoms with Crippen LogP contribution in [-0.2, 0) is 6.42 Å². The fourth-order valence-corrected chi connectivity index (χ4v) is 2.52. The van der Waals surface area contributed by atoms with Crippen molar-refractivity contribution in [3.63, 3.8) is 0 Å². The van der Waals surface area contributed by atoms with Gasteiger partial charge in [-0.3, -0.25) is 0 Å². The van der Waals surface area contributed by atoms with Crippen molar-refractivity contribution in [2.45, 2.75) is 12.5 Å². The Morgan fingerprint density at radius 1 is 1.33 bits per heavy atom. The van der Waals surface area contributed by atoms with Crippen LogP contribution in [0.2, 0.25) is 0 Å². The van der Waals surface area contributed by atoms with Gasteiger partial charge < -0.3 is 10.8 Å². The summed E-state index contributed by atoms with van der Waals surface area (Å²) in [6.07, 6.45) is 2.23. The largest absolute Gasteiger partial charge is 0.508 e. The number of hydrogen-bond donors (Lipinski definition) is 2. The minimum absolute atomic E-state index is 0.179. The maximum Gasteiger partial charge on any atom is 0.234 e. The van der Waals surface area contributed by atoms with E-state index in [1.807, 2.05) is 12.1 Å². The molecule has 0 amide bonds. The van der Waals surface area contributed by atoms with Crippen molar-refractivity contribution in [1.82, 2.24) is 19.8 Å². The average molecular weight is 261 g/mol. The van der Waals surface area contributed by atoms with Crippen LogP contribution in [0, 0.1) is 0 Å². The van der Waals surface area contributed by atoms with E-state index in [1.54, 1.807) is 23.0 Å². The molecule has 2 aromatic heterocycles. The molecule has 3 aromatic rings. The Hall–Kier alpha value is -1.99.